The number of fused-ring (bicyclic) bond motifs is 3. The number of carbonyl (C=O) groups is 2. The quantitative estimate of drug-likeness (QED) is 0.320. The van der Waals surface area contributed by atoms with Crippen LogP contribution in [0.25, 0.3) is 11.1 Å². The summed E-state index contributed by atoms with van der Waals surface area (Å²) in [4.78, 5) is 25.2. The fraction of sp³-hybridized carbons (Fsp3) is 0.267. The minimum Gasteiger partial charge on any atom is -0.479 e. The van der Waals surface area contributed by atoms with Crippen molar-refractivity contribution in [2.75, 3.05) is 0 Å². The molecule has 0 radical (unpaired) electrons. The van der Waals surface area contributed by atoms with E-state index in [9.17, 15) is 14.7 Å². The van der Waals surface area contributed by atoms with Crippen LogP contribution < -0.4 is 5.32 Å². The van der Waals surface area contributed by atoms with Gasteiger partial charge >= 0.3 is 12.1 Å². The van der Waals surface area contributed by atoms with Crippen LogP contribution >= 0.6 is 0 Å². The van der Waals surface area contributed by atoms with Gasteiger partial charge in [-0.3, -0.25) is 0 Å². The number of carboxylic acids is 1. The van der Waals surface area contributed by atoms with Gasteiger partial charge in [0, 0.05) is 6.42 Å². The maximum absolute atomic E-state index is 15.3. The molecule has 1 atom stereocenters. The van der Waals surface area contributed by atoms with Gasteiger partial charge in [-0.25, -0.2) is 14.0 Å². The Labute approximate surface area is 209 Å². The van der Waals surface area contributed by atoms with Gasteiger partial charge in [-0.1, -0.05) is 72.8 Å². The summed E-state index contributed by atoms with van der Waals surface area (Å²) < 4.78 is 20.8. The highest BCUT2D eigenvalue weighted by atomic mass is 19.1. The number of benzene rings is 3. The van der Waals surface area contributed by atoms with E-state index < -0.39 is 23.4 Å². The first kappa shape index (κ1) is 23.8. The first-order valence-electron chi connectivity index (χ1n) is 12.3. The average molecular weight is 486 g/mol. The van der Waals surface area contributed by atoms with E-state index in [1.807, 2.05) is 54.6 Å². The fourth-order valence-corrected chi connectivity index (χ4v) is 5.48. The van der Waals surface area contributed by atoms with Gasteiger partial charge in [-0.15, -0.1) is 0 Å². The fourth-order valence-electron chi connectivity index (χ4n) is 5.48. The van der Waals surface area contributed by atoms with Gasteiger partial charge in [-0.2, -0.15) is 0 Å². The molecule has 1 fully saturated rings. The molecule has 0 saturated heterocycles. The Balaban J connectivity index is 1.31. The van der Waals surface area contributed by atoms with Gasteiger partial charge in [0.05, 0.1) is 0 Å². The molecule has 36 heavy (non-hydrogen) atoms. The van der Waals surface area contributed by atoms with E-state index in [-0.39, 0.29) is 31.4 Å². The van der Waals surface area contributed by atoms with Crippen molar-refractivity contribution in [3.8, 4) is 11.1 Å². The third-order valence-electron chi connectivity index (χ3n) is 7.24. The molecule has 2 aliphatic carbocycles. The van der Waals surface area contributed by atoms with Crippen LogP contribution in [0, 0.1) is 0 Å². The number of aryl methyl sites for hydroxylation is 1. The van der Waals surface area contributed by atoms with Crippen LogP contribution in [0.4, 0.5) is 9.18 Å². The van der Waals surface area contributed by atoms with Crippen molar-refractivity contribution in [1.82, 2.24) is 5.32 Å². The Kier molecular flexibility index (Phi) is 6.59. The lowest BCUT2D eigenvalue weighted by Crippen LogP contribution is -2.54. The summed E-state index contributed by atoms with van der Waals surface area (Å²) in [5.74, 6) is -1.74. The molecule has 0 bridgehead atoms. The standard InChI is InChI=1S/C30H28FNO4/c31-26(16-15-20-8-2-1-3-9-20)25-14-7-17-30(25,28(33)34)32-29(35)36-19-23-12-6-11-22-18-21-10-4-5-13-24(21)27(22)23/h1-6,8-13H,7,14-19H2,(H,32,35)(H,33,34)/b26-25-. The van der Waals surface area contributed by atoms with Crippen LogP contribution in [0.2, 0.25) is 0 Å². The van der Waals surface area contributed by atoms with E-state index in [1.54, 1.807) is 0 Å². The molecular formula is C30H28FNO4. The smallest absolute Gasteiger partial charge is 0.408 e. The van der Waals surface area contributed by atoms with Crippen LogP contribution in [0.15, 0.2) is 84.2 Å². The van der Waals surface area contributed by atoms with Crippen molar-refractivity contribution in [2.24, 2.45) is 0 Å². The second-order valence-corrected chi connectivity index (χ2v) is 9.42. The molecule has 184 valence electrons. The summed E-state index contributed by atoms with van der Waals surface area (Å²) in [5.41, 5.74) is 4.74. The van der Waals surface area contributed by atoms with Gasteiger partial charge in [0.2, 0.25) is 0 Å². The maximum atomic E-state index is 15.3. The molecule has 2 aliphatic rings. The zero-order valence-electron chi connectivity index (χ0n) is 19.9. The number of carbonyl (C=O) groups excluding carboxylic acids is 1. The first-order valence-corrected chi connectivity index (χ1v) is 12.3. The molecule has 0 heterocycles. The summed E-state index contributed by atoms with van der Waals surface area (Å²) >= 11 is 0. The lowest BCUT2D eigenvalue weighted by atomic mass is 9.90. The van der Waals surface area contributed by atoms with Crippen LogP contribution in [-0.4, -0.2) is 22.7 Å². The van der Waals surface area contributed by atoms with Gasteiger partial charge in [0.1, 0.15) is 12.4 Å². The normalized spacial score (nSPS) is 19.4. The Morgan fingerprint density at radius 1 is 0.972 bits per heavy atom. The Hall–Kier alpha value is -3.93. The second kappa shape index (κ2) is 9.97. The number of nitrogens with one attached hydrogen (secondary N) is 1. The zero-order valence-corrected chi connectivity index (χ0v) is 19.9. The zero-order chi connectivity index (χ0) is 25.1. The third-order valence-corrected chi connectivity index (χ3v) is 7.24. The van der Waals surface area contributed by atoms with Crippen LogP contribution in [-0.2, 0) is 29.0 Å². The van der Waals surface area contributed by atoms with Crippen LogP contribution in [0.3, 0.4) is 0 Å². The molecule has 3 aromatic carbocycles. The Morgan fingerprint density at radius 3 is 2.53 bits per heavy atom. The molecule has 2 N–H and O–H groups in total. The lowest BCUT2D eigenvalue weighted by Gasteiger charge is -2.27. The molecule has 1 unspecified atom stereocenters. The number of allylic oxidation sites excluding steroid dienone is 1. The Morgan fingerprint density at radius 2 is 1.72 bits per heavy atom. The topological polar surface area (TPSA) is 75.6 Å². The van der Waals surface area contributed by atoms with E-state index in [1.165, 1.54) is 11.1 Å². The van der Waals surface area contributed by atoms with Crippen molar-refractivity contribution in [1.29, 1.82) is 0 Å². The van der Waals surface area contributed by atoms with E-state index in [2.05, 4.69) is 23.5 Å². The highest BCUT2D eigenvalue weighted by molar-refractivity contribution is 5.89. The van der Waals surface area contributed by atoms with Crippen molar-refractivity contribution in [2.45, 2.75) is 50.7 Å². The molecule has 0 aliphatic heterocycles. The van der Waals surface area contributed by atoms with E-state index in [0.29, 0.717) is 12.8 Å². The number of hydrogen-bond donors (Lipinski definition) is 2. The Bertz CT molecular complexity index is 1330. The number of ether oxygens (including phenoxy) is 1. The van der Waals surface area contributed by atoms with Gasteiger partial charge in [0.25, 0.3) is 0 Å². The summed E-state index contributed by atoms with van der Waals surface area (Å²) in [6.45, 7) is -0.00538. The lowest BCUT2D eigenvalue weighted by molar-refractivity contribution is -0.142. The molecule has 1 saturated carbocycles. The summed E-state index contributed by atoms with van der Waals surface area (Å²) in [6, 6.07) is 23.5. The van der Waals surface area contributed by atoms with Crippen LogP contribution in [0.5, 0.6) is 0 Å². The monoisotopic (exact) mass is 485 g/mol. The largest absolute Gasteiger partial charge is 0.479 e. The molecule has 1 amide bonds. The number of amides is 1. The molecule has 0 spiro atoms. The highest BCUT2D eigenvalue weighted by Gasteiger charge is 2.49. The van der Waals surface area contributed by atoms with Crippen LogP contribution in [0.1, 0.15) is 47.9 Å². The molecule has 5 rings (SSSR count). The van der Waals surface area contributed by atoms with Crippen molar-refractivity contribution < 1.29 is 23.8 Å². The summed E-state index contributed by atoms with van der Waals surface area (Å²) in [7, 11) is 0. The number of alkyl carbamates (subject to hydrolysis) is 1. The third kappa shape index (κ3) is 4.51. The molecule has 5 nitrogen and oxygen atoms in total. The van der Waals surface area contributed by atoms with E-state index in [4.69, 9.17) is 4.74 Å². The summed E-state index contributed by atoms with van der Waals surface area (Å²) in [5, 5.41) is 12.6. The number of rotatable bonds is 7. The predicted octanol–water partition coefficient (Wildman–Crippen LogP) is 6.35. The van der Waals surface area contributed by atoms with Crippen molar-refractivity contribution >= 4 is 12.1 Å². The number of carboxylic acid groups (broad SMARTS) is 1. The molecule has 6 heteroatoms. The maximum Gasteiger partial charge on any atom is 0.408 e. The predicted molar refractivity (Wildman–Crippen MR) is 135 cm³/mol. The first-order chi connectivity index (χ1) is 17.5. The molecule has 3 aromatic rings. The number of aliphatic carboxylic acids is 1. The van der Waals surface area contributed by atoms with Gasteiger partial charge in [-0.05, 0) is 71.1 Å². The SMILES string of the molecule is O=C(NC1(C(=O)O)CCC/C1=C(/F)CCc1ccccc1)OCc1cccc2c1-c1ccccc1C2. The highest BCUT2D eigenvalue weighted by Crippen LogP contribution is 2.40. The second-order valence-electron chi connectivity index (χ2n) is 9.42. The minimum atomic E-state index is -1.79. The number of halogens is 1. The molecular weight excluding hydrogens is 457 g/mol. The van der Waals surface area contributed by atoms with Crippen molar-refractivity contribution in [3.05, 3.63) is 106 Å². The van der Waals surface area contributed by atoms with Gasteiger partial charge in [0.15, 0.2) is 5.54 Å². The van der Waals surface area contributed by atoms with Crippen molar-refractivity contribution in [3.63, 3.8) is 0 Å². The van der Waals surface area contributed by atoms with Gasteiger partial charge < -0.3 is 15.2 Å². The average Bonchev–Trinajstić information content (AvgIpc) is 3.49. The number of hydrogen-bond acceptors (Lipinski definition) is 3. The van der Waals surface area contributed by atoms with E-state index in [0.717, 1.165) is 28.7 Å². The summed E-state index contributed by atoms with van der Waals surface area (Å²) in [6.07, 6.45) is 1.39. The minimum absolute atomic E-state index is 0.00538. The van der Waals surface area contributed by atoms with E-state index >= 15 is 4.39 Å². The molecule has 0 aromatic heterocycles.